The summed E-state index contributed by atoms with van der Waals surface area (Å²) in [6.45, 7) is 6.14. The zero-order chi connectivity index (χ0) is 10.9. The quantitative estimate of drug-likeness (QED) is 0.678. The van der Waals surface area contributed by atoms with E-state index in [4.69, 9.17) is 9.46 Å². The van der Waals surface area contributed by atoms with Crippen molar-refractivity contribution in [2.24, 2.45) is 0 Å². The standard InChI is InChI=1S/C10H10O.HO2P/c1-5-4-8-9(10(8)11)7(3)6(5)2;1-3-2/h4H,1-3H3;(H,1,2). The second-order valence-corrected chi connectivity index (χ2v) is 3.44. The summed E-state index contributed by atoms with van der Waals surface area (Å²) in [5.41, 5.74) is 3.91. The monoisotopic (exact) mass is 210 g/mol. The molecule has 0 aromatic heterocycles. The van der Waals surface area contributed by atoms with Gasteiger partial charge in [0.15, 0.2) is 5.43 Å². The summed E-state index contributed by atoms with van der Waals surface area (Å²) in [6.07, 6.45) is 0. The Hall–Kier alpha value is -1.05. The SMILES string of the molecule is Cc1cc2c(=O)c2c(C)c1C.O=PO. The van der Waals surface area contributed by atoms with Gasteiger partial charge in [-0.3, -0.25) is 4.79 Å². The molecule has 2 aromatic carbocycles. The fourth-order valence-corrected chi connectivity index (χ4v) is 1.50. The molecule has 4 heteroatoms. The lowest BCUT2D eigenvalue weighted by atomic mass is 10.1. The van der Waals surface area contributed by atoms with Crippen LogP contribution in [0, 0.1) is 20.8 Å². The van der Waals surface area contributed by atoms with Gasteiger partial charge in [-0.25, -0.2) is 4.57 Å². The number of hydrogen-bond acceptors (Lipinski definition) is 2. The van der Waals surface area contributed by atoms with E-state index in [0.29, 0.717) is 0 Å². The number of rotatable bonds is 0. The molecule has 0 aliphatic heterocycles. The Labute approximate surface area is 83.3 Å². The van der Waals surface area contributed by atoms with Crippen LogP contribution in [-0.2, 0) is 4.57 Å². The molecule has 0 unspecified atom stereocenters. The van der Waals surface area contributed by atoms with Crippen LogP contribution in [0.3, 0.4) is 0 Å². The molecule has 0 radical (unpaired) electrons. The molecule has 3 nitrogen and oxygen atoms in total. The van der Waals surface area contributed by atoms with Crippen molar-refractivity contribution < 1.29 is 9.46 Å². The number of aryl methyl sites for hydroxylation is 2. The van der Waals surface area contributed by atoms with Crippen LogP contribution in [0.15, 0.2) is 10.9 Å². The predicted octanol–water partition coefficient (Wildman–Crippen LogP) is 2.19. The molecular formula is C10H11O3P. The molecule has 0 heterocycles. The van der Waals surface area contributed by atoms with E-state index in [0.717, 1.165) is 10.8 Å². The van der Waals surface area contributed by atoms with E-state index in [1.165, 1.54) is 16.7 Å². The van der Waals surface area contributed by atoms with Gasteiger partial charge in [0.25, 0.3) is 0 Å². The van der Waals surface area contributed by atoms with Gasteiger partial charge in [-0.1, -0.05) is 0 Å². The van der Waals surface area contributed by atoms with Crippen molar-refractivity contribution in [3.63, 3.8) is 0 Å². The number of hydrogen-bond donors (Lipinski definition) is 1. The van der Waals surface area contributed by atoms with Crippen LogP contribution in [0.2, 0.25) is 0 Å². The molecule has 0 aliphatic carbocycles. The Bertz CT molecular complexity index is 492. The first-order chi connectivity index (χ1) is 6.54. The van der Waals surface area contributed by atoms with E-state index in [1.807, 2.05) is 19.9 Å². The number of fused-ring (bicyclic) bond motifs is 1. The van der Waals surface area contributed by atoms with Gasteiger partial charge in [-0.2, -0.15) is 0 Å². The topological polar surface area (TPSA) is 54.4 Å². The van der Waals surface area contributed by atoms with Gasteiger partial charge in [-0.15, -0.1) is 0 Å². The molecule has 0 bridgehead atoms. The van der Waals surface area contributed by atoms with Gasteiger partial charge in [0.1, 0.15) is 0 Å². The minimum atomic E-state index is -0.833. The molecule has 74 valence electrons. The lowest BCUT2D eigenvalue weighted by Gasteiger charge is -1.99. The van der Waals surface area contributed by atoms with Gasteiger partial charge in [-0.05, 0) is 43.5 Å². The lowest BCUT2D eigenvalue weighted by molar-refractivity contribution is 0.524. The molecule has 0 saturated carbocycles. The highest BCUT2D eigenvalue weighted by molar-refractivity contribution is 7.16. The molecular weight excluding hydrogens is 199 g/mol. The second-order valence-electron chi connectivity index (χ2n) is 3.28. The Morgan fingerprint density at radius 2 is 1.71 bits per heavy atom. The first-order valence-electron chi connectivity index (χ1n) is 4.16. The molecule has 2 aromatic rings. The van der Waals surface area contributed by atoms with Crippen LogP contribution in [0.25, 0.3) is 10.8 Å². The zero-order valence-electron chi connectivity index (χ0n) is 8.29. The highest BCUT2D eigenvalue weighted by atomic mass is 31.1. The smallest absolute Gasteiger partial charge is 0.310 e. The van der Waals surface area contributed by atoms with Crippen molar-refractivity contribution in [3.8, 4) is 0 Å². The maximum absolute atomic E-state index is 11.1. The van der Waals surface area contributed by atoms with E-state index in [-0.39, 0.29) is 5.43 Å². The first-order valence-corrected chi connectivity index (χ1v) is 4.93. The molecule has 0 saturated heterocycles. The van der Waals surface area contributed by atoms with Gasteiger partial charge in [0, 0.05) is 10.8 Å². The molecule has 1 N–H and O–H groups in total. The minimum absolute atomic E-state index is 0.249. The third kappa shape index (κ3) is 1.74. The van der Waals surface area contributed by atoms with Gasteiger partial charge < -0.3 is 4.89 Å². The fourth-order valence-electron chi connectivity index (χ4n) is 1.50. The van der Waals surface area contributed by atoms with E-state index in [9.17, 15) is 4.79 Å². The lowest BCUT2D eigenvalue weighted by Crippen LogP contribution is -1.81. The van der Waals surface area contributed by atoms with Gasteiger partial charge in [0.05, 0.1) is 0 Å². The van der Waals surface area contributed by atoms with E-state index in [1.54, 1.807) is 0 Å². The highest BCUT2D eigenvalue weighted by Gasteiger charge is 2.16. The zero-order valence-corrected chi connectivity index (χ0v) is 9.18. The van der Waals surface area contributed by atoms with Crippen LogP contribution in [0.4, 0.5) is 0 Å². The largest absolute Gasteiger partial charge is 0.324 e. The average molecular weight is 210 g/mol. The summed E-state index contributed by atoms with van der Waals surface area (Å²) in [6, 6.07) is 1.99. The summed E-state index contributed by atoms with van der Waals surface area (Å²) in [4.78, 5) is 18.1. The average Bonchev–Trinajstić information content (AvgIpc) is 2.74. The van der Waals surface area contributed by atoms with Crippen LogP contribution in [0.5, 0.6) is 0 Å². The van der Waals surface area contributed by atoms with Gasteiger partial charge >= 0.3 is 8.69 Å². The van der Waals surface area contributed by atoms with Crippen molar-refractivity contribution in [1.82, 2.24) is 0 Å². The Kier molecular flexibility index (Phi) is 3.14. The van der Waals surface area contributed by atoms with E-state index < -0.39 is 8.69 Å². The van der Waals surface area contributed by atoms with Crippen molar-refractivity contribution in [2.45, 2.75) is 20.8 Å². The molecule has 14 heavy (non-hydrogen) atoms. The van der Waals surface area contributed by atoms with Crippen LogP contribution >= 0.6 is 8.69 Å². The highest BCUT2D eigenvalue weighted by Crippen LogP contribution is 2.25. The van der Waals surface area contributed by atoms with Crippen molar-refractivity contribution in [2.75, 3.05) is 0 Å². The van der Waals surface area contributed by atoms with Crippen molar-refractivity contribution in [1.29, 1.82) is 0 Å². The van der Waals surface area contributed by atoms with Crippen LogP contribution in [0.1, 0.15) is 16.7 Å². The normalized spacial score (nSPS) is 10.6. The van der Waals surface area contributed by atoms with Crippen LogP contribution < -0.4 is 5.43 Å². The summed E-state index contributed by atoms with van der Waals surface area (Å²) in [5, 5.41) is 1.90. The van der Waals surface area contributed by atoms with E-state index >= 15 is 0 Å². The summed E-state index contributed by atoms with van der Waals surface area (Å²) < 4.78 is 8.46. The number of benzene rings is 1. The van der Waals surface area contributed by atoms with Gasteiger partial charge in [0.2, 0.25) is 0 Å². The summed E-state index contributed by atoms with van der Waals surface area (Å²) in [7, 11) is -0.833. The first kappa shape index (κ1) is 11.0. The third-order valence-corrected chi connectivity index (χ3v) is 2.57. The molecule has 0 amide bonds. The Balaban J connectivity index is 0.000000293. The molecule has 0 aliphatic rings. The molecule has 0 atom stereocenters. The molecule has 2 rings (SSSR count). The van der Waals surface area contributed by atoms with Crippen LogP contribution in [-0.4, -0.2) is 4.89 Å². The third-order valence-electron chi connectivity index (χ3n) is 2.57. The molecule has 0 fully saturated rings. The van der Waals surface area contributed by atoms with Crippen molar-refractivity contribution in [3.05, 3.63) is 33.0 Å². The summed E-state index contributed by atoms with van der Waals surface area (Å²) >= 11 is 0. The summed E-state index contributed by atoms with van der Waals surface area (Å²) in [5.74, 6) is 0. The predicted molar refractivity (Wildman–Crippen MR) is 56.6 cm³/mol. The van der Waals surface area contributed by atoms with E-state index in [2.05, 4.69) is 6.92 Å². The Morgan fingerprint density at radius 1 is 1.21 bits per heavy atom. The maximum atomic E-state index is 11.1. The Morgan fingerprint density at radius 3 is 2.21 bits per heavy atom. The second kappa shape index (κ2) is 3.99. The fraction of sp³-hybridized carbons (Fsp3) is 0.300. The maximum Gasteiger partial charge on any atom is 0.324 e. The minimum Gasteiger partial charge on any atom is -0.310 e. The molecule has 0 spiro atoms. The van der Waals surface area contributed by atoms with Crippen molar-refractivity contribution >= 4 is 19.5 Å².